The second kappa shape index (κ2) is 6.14. The van der Waals surface area contributed by atoms with Crippen LogP contribution in [0.15, 0.2) is 24.3 Å². The first kappa shape index (κ1) is 16.3. The van der Waals surface area contributed by atoms with Crippen molar-refractivity contribution < 1.29 is 9.47 Å². The lowest BCUT2D eigenvalue weighted by Gasteiger charge is -2.59. The molecule has 3 heteroatoms. The Balaban J connectivity index is 1.71. The van der Waals surface area contributed by atoms with Crippen LogP contribution >= 0.6 is 11.6 Å². The zero-order valence-electron chi connectivity index (χ0n) is 13.9. The number of fused-ring (bicyclic) bond motifs is 3. The van der Waals surface area contributed by atoms with Crippen molar-refractivity contribution in [3.63, 3.8) is 0 Å². The van der Waals surface area contributed by atoms with Gasteiger partial charge in [0.05, 0.1) is 23.9 Å². The predicted molar refractivity (Wildman–Crippen MR) is 90.2 cm³/mol. The fourth-order valence-electron chi connectivity index (χ4n) is 4.41. The van der Waals surface area contributed by atoms with Gasteiger partial charge in [-0.05, 0) is 56.6 Å². The number of hydrogen-bond acceptors (Lipinski definition) is 2. The molecule has 2 aliphatic heterocycles. The second-order valence-corrected chi connectivity index (χ2v) is 7.46. The maximum atomic E-state index is 6.63. The van der Waals surface area contributed by atoms with Crippen molar-refractivity contribution in [2.45, 2.75) is 76.8 Å². The molecule has 2 heterocycles. The first-order valence-corrected chi connectivity index (χ1v) is 8.96. The molecule has 122 valence electrons. The molecule has 1 aromatic carbocycles. The predicted octanol–water partition coefficient (Wildman–Crippen LogP) is 5.37. The van der Waals surface area contributed by atoms with Gasteiger partial charge in [0, 0.05) is 5.02 Å². The quantitative estimate of drug-likeness (QED) is 0.725. The number of benzene rings is 1. The minimum atomic E-state index is -0.151. The van der Waals surface area contributed by atoms with Crippen LogP contribution in [0.3, 0.4) is 0 Å². The van der Waals surface area contributed by atoms with Gasteiger partial charge in [0.15, 0.2) is 0 Å². The van der Waals surface area contributed by atoms with Gasteiger partial charge in [-0.25, -0.2) is 0 Å². The molecule has 3 fully saturated rings. The minimum Gasteiger partial charge on any atom is -0.370 e. The van der Waals surface area contributed by atoms with E-state index in [-0.39, 0.29) is 17.3 Å². The van der Waals surface area contributed by atoms with Crippen molar-refractivity contribution >= 4 is 11.6 Å². The van der Waals surface area contributed by atoms with E-state index in [0.29, 0.717) is 12.5 Å². The van der Waals surface area contributed by atoms with Crippen LogP contribution in [0.1, 0.15) is 58.4 Å². The van der Waals surface area contributed by atoms with Crippen LogP contribution in [0.4, 0.5) is 0 Å². The molecule has 2 bridgehead atoms. The van der Waals surface area contributed by atoms with Crippen molar-refractivity contribution in [1.82, 2.24) is 0 Å². The third kappa shape index (κ3) is 2.70. The Morgan fingerprint density at radius 1 is 1.27 bits per heavy atom. The summed E-state index contributed by atoms with van der Waals surface area (Å²) in [5, 5.41) is 0.783. The summed E-state index contributed by atoms with van der Waals surface area (Å²) in [7, 11) is 0. The minimum absolute atomic E-state index is 0.0667. The SMILES string of the molecule is CCC1(CC)OC2(C)CCC1CC2OCc1ccccc1Cl. The normalized spacial score (nSPS) is 33.1. The molecule has 3 aliphatic rings. The summed E-state index contributed by atoms with van der Waals surface area (Å²) in [5.74, 6) is 0.626. The van der Waals surface area contributed by atoms with Crippen molar-refractivity contribution in [1.29, 1.82) is 0 Å². The Bertz CT molecular complexity index is 526. The number of rotatable bonds is 5. The van der Waals surface area contributed by atoms with E-state index in [1.165, 1.54) is 6.42 Å². The molecule has 3 atom stereocenters. The highest BCUT2D eigenvalue weighted by Crippen LogP contribution is 2.53. The van der Waals surface area contributed by atoms with E-state index in [1.807, 2.05) is 24.3 Å². The van der Waals surface area contributed by atoms with Crippen molar-refractivity contribution in [3.8, 4) is 0 Å². The molecule has 2 nitrogen and oxygen atoms in total. The maximum Gasteiger partial charge on any atom is 0.0923 e. The molecule has 0 radical (unpaired) electrons. The summed E-state index contributed by atoms with van der Waals surface area (Å²) in [6.45, 7) is 7.32. The molecule has 1 aliphatic carbocycles. The Morgan fingerprint density at radius 2 is 2.00 bits per heavy atom. The van der Waals surface area contributed by atoms with Gasteiger partial charge in [0.2, 0.25) is 0 Å². The third-order valence-electron chi connectivity index (χ3n) is 5.94. The number of ether oxygens (including phenoxy) is 2. The molecule has 4 rings (SSSR count). The summed E-state index contributed by atoms with van der Waals surface area (Å²) in [6.07, 6.45) is 5.86. The van der Waals surface area contributed by atoms with Crippen molar-refractivity contribution in [2.75, 3.05) is 0 Å². The highest BCUT2D eigenvalue weighted by atomic mass is 35.5. The fourth-order valence-corrected chi connectivity index (χ4v) is 4.60. The van der Waals surface area contributed by atoms with Crippen molar-refractivity contribution in [3.05, 3.63) is 34.9 Å². The highest BCUT2D eigenvalue weighted by molar-refractivity contribution is 6.31. The number of halogens is 1. The van der Waals surface area contributed by atoms with Gasteiger partial charge in [0.25, 0.3) is 0 Å². The monoisotopic (exact) mass is 322 g/mol. The summed E-state index contributed by atoms with van der Waals surface area (Å²) in [4.78, 5) is 0. The van der Waals surface area contributed by atoms with Crippen LogP contribution in [0, 0.1) is 5.92 Å². The van der Waals surface area contributed by atoms with Crippen LogP contribution < -0.4 is 0 Å². The van der Waals surface area contributed by atoms with E-state index < -0.39 is 0 Å². The summed E-state index contributed by atoms with van der Waals surface area (Å²) in [5.41, 5.74) is 0.977. The Kier molecular flexibility index (Phi) is 4.55. The van der Waals surface area contributed by atoms with Gasteiger partial charge in [-0.2, -0.15) is 0 Å². The Morgan fingerprint density at radius 3 is 2.64 bits per heavy atom. The number of hydrogen-bond donors (Lipinski definition) is 0. The molecule has 0 spiro atoms. The average Bonchev–Trinajstić information content (AvgIpc) is 2.54. The lowest BCUT2D eigenvalue weighted by molar-refractivity contribution is -0.298. The van der Waals surface area contributed by atoms with Gasteiger partial charge < -0.3 is 9.47 Å². The Labute approximate surface area is 139 Å². The average molecular weight is 323 g/mol. The fraction of sp³-hybridized carbons (Fsp3) is 0.684. The maximum absolute atomic E-state index is 6.63. The summed E-state index contributed by atoms with van der Waals surface area (Å²) >= 11 is 6.23. The molecule has 1 saturated carbocycles. The molecule has 3 unspecified atom stereocenters. The van der Waals surface area contributed by atoms with Gasteiger partial charge >= 0.3 is 0 Å². The second-order valence-electron chi connectivity index (χ2n) is 7.05. The van der Waals surface area contributed by atoms with E-state index in [0.717, 1.165) is 36.3 Å². The third-order valence-corrected chi connectivity index (χ3v) is 6.31. The highest BCUT2D eigenvalue weighted by Gasteiger charge is 2.56. The van der Waals surface area contributed by atoms with Gasteiger partial charge in [-0.15, -0.1) is 0 Å². The lowest BCUT2D eigenvalue weighted by Crippen LogP contribution is -2.63. The van der Waals surface area contributed by atoms with E-state index in [1.54, 1.807) is 0 Å². The summed E-state index contributed by atoms with van der Waals surface area (Å²) in [6, 6.07) is 7.92. The molecule has 1 aromatic rings. The molecule has 0 amide bonds. The van der Waals surface area contributed by atoms with E-state index in [9.17, 15) is 0 Å². The van der Waals surface area contributed by atoms with Gasteiger partial charge in [-0.3, -0.25) is 0 Å². The van der Waals surface area contributed by atoms with E-state index in [2.05, 4.69) is 20.8 Å². The molecule has 22 heavy (non-hydrogen) atoms. The van der Waals surface area contributed by atoms with Gasteiger partial charge in [0.1, 0.15) is 0 Å². The first-order chi connectivity index (χ1) is 10.5. The van der Waals surface area contributed by atoms with Crippen molar-refractivity contribution in [2.24, 2.45) is 5.92 Å². The Hall–Kier alpha value is -0.570. The molecule has 0 aromatic heterocycles. The zero-order valence-corrected chi connectivity index (χ0v) is 14.7. The van der Waals surface area contributed by atoms with E-state index >= 15 is 0 Å². The van der Waals surface area contributed by atoms with Crippen LogP contribution in [0.2, 0.25) is 5.02 Å². The van der Waals surface area contributed by atoms with Crippen LogP contribution in [0.25, 0.3) is 0 Å². The largest absolute Gasteiger partial charge is 0.370 e. The molecular formula is C19H27ClO2. The molecule has 2 saturated heterocycles. The smallest absolute Gasteiger partial charge is 0.0923 e. The van der Waals surface area contributed by atoms with Crippen LogP contribution in [-0.4, -0.2) is 17.3 Å². The molecule has 0 N–H and O–H groups in total. The van der Waals surface area contributed by atoms with E-state index in [4.69, 9.17) is 21.1 Å². The van der Waals surface area contributed by atoms with Gasteiger partial charge in [-0.1, -0.05) is 43.6 Å². The van der Waals surface area contributed by atoms with Crippen LogP contribution in [0.5, 0.6) is 0 Å². The lowest BCUT2D eigenvalue weighted by atomic mass is 9.64. The topological polar surface area (TPSA) is 18.5 Å². The first-order valence-electron chi connectivity index (χ1n) is 8.58. The molecular weight excluding hydrogens is 296 g/mol. The zero-order chi connectivity index (χ0) is 15.8. The standard InChI is InChI=1S/C19H27ClO2/c1-4-19(5-2)15-10-11-18(3,22-19)17(12-15)21-13-14-8-6-7-9-16(14)20/h6-9,15,17H,4-5,10-13H2,1-3H3. The summed E-state index contributed by atoms with van der Waals surface area (Å²) < 4.78 is 12.9. The van der Waals surface area contributed by atoms with Crippen LogP contribution in [-0.2, 0) is 16.1 Å².